The SMILES string of the molecule is CCC1(CC)c2ccccc2-c2ccc(C)cc21.Cc1cc2c(c3ccccc13)-c1ccccc1C2(C)C.Cc1cc2oc3ccccc3c2c2ccccc12.Cc1ccc2c(c1)-c1ccccc1C21c2ccccc2-c2ccccc21.Cc1ccc2c(c1)C(C)(C)c1ccc3ccccc3c1-2.Cc1ccc2c(c1)oc1c3ccccc3ccc21.Cc1ccc2c(c1)oc1ccc3ccccc3c12. The highest BCUT2D eigenvalue weighted by Gasteiger charge is 2.52. The Bertz CT molecular complexity index is 8980. The van der Waals surface area contributed by atoms with Gasteiger partial charge in [0, 0.05) is 53.9 Å². The lowest BCUT2D eigenvalue weighted by molar-refractivity contribution is 0.490. The van der Waals surface area contributed by atoms with Crippen LogP contribution in [0.1, 0.15) is 149 Å². The Hall–Kier alpha value is -15.7. The molecule has 24 aromatic rings. The molecule has 3 heteroatoms. The third-order valence-corrected chi connectivity index (χ3v) is 30.9. The number of hydrogen-bond donors (Lipinski definition) is 0. The van der Waals surface area contributed by atoms with Crippen LogP contribution in [0.15, 0.2) is 420 Å². The summed E-state index contributed by atoms with van der Waals surface area (Å²) in [4.78, 5) is 0. The zero-order valence-corrected chi connectivity index (χ0v) is 80.8. The van der Waals surface area contributed by atoms with Crippen molar-refractivity contribution in [2.24, 2.45) is 0 Å². The highest BCUT2D eigenvalue weighted by molar-refractivity contribution is 6.21. The summed E-state index contributed by atoms with van der Waals surface area (Å²) in [6.07, 6.45) is 2.36. The van der Waals surface area contributed by atoms with Gasteiger partial charge < -0.3 is 13.3 Å². The molecule has 5 aliphatic carbocycles. The van der Waals surface area contributed by atoms with E-state index in [0.29, 0.717) is 0 Å². The molecular weight excluding hydrogens is 1670 g/mol. The highest BCUT2D eigenvalue weighted by atomic mass is 16.3. The van der Waals surface area contributed by atoms with Crippen molar-refractivity contribution in [3.8, 4) is 55.6 Å². The molecule has 0 saturated carbocycles. The molecule has 0 saturated heterocycles. The molecule has 138 heavy (non-hydrogen) atoms. The molecule has 0 N–H and O–H groups in total. The Balaban J connectivity index is 0.0000000906. The predicted octanol–water partition coefficient (Wildman–Crippen LogP) is 37.5. The van der Waals surface area contributed by atoms with E-state index in [9.17, 15) is 0 Å². The van der Waals surface area contributed by atoms with Crippen molar-refractivity contribution < 1.29 is 13.3 Å². The predicted molar refractivity (Wildman–Crippen MR) is 586 cm³/mol. The van der Waals surface area contributed by atoms with E-state index in [2.05, 4.69) is 484 Å². The summed E-state index contributed by atoms with van der Waals surface area (Å²) in [5.74, 6) is 0. The number of fused-ring (bicyclic) bond motifs is 38. The minimum Gasteiger partial charge on any atom is -0.456 e. The number of rotatable bonds is 2. The monoisotopic (exact) mass is 1780 g/mol. The van der Waals surface area contributed by atoms with Gasteiger partial charge in [-0.2, -0.15) is 0 Å². The zero-order chi connectivity index (χ0) is 94.2. The molecule has 1 spiro atoms. The largest absolute Gasteiger partial charge is 0.456 e. The van der Waals surface area contributed by atoms with Crippen LogP contribution in [0, 0.1) is 48.5 Å². The summed E-state index contributed by atoms with van der Waals surface area (Å²) in [5, 5.41) is 20.2. The van der Waals surface area contributed by atoms with Crippen LogP contribution in [0.2, 0.25) is 0 Å². The van der Waals surface area contributed by atoms with Gasteiger partial charge in [-0.25, -0.2) is 0 Å². The first kappa shape index (κ1) is 86.4. The van der Waals surface area contributed by atoms with E-state index in [-0.39, 0.29) is 21.7 Å². The second-order valence-corrected chi connectivity index (χ2v) is 39.8. The Morgan fingerprint density at radius 2 is 0.572 bits per heavy atom. The average molecular weight is 1780 g/mol. The van der Waals surface area contributed by atoms with Crippen molar-refractivity contribution in [2.45, 2.75) is 125 Å². The van der Waals surface area contributed by atoms with Crippen molar-refractivity contribution in [1.29, 1.82) is 0 Å². The molecule has 5 aliphatic rings. The van der Waals surface area contributed by atoms with Crippen molar-refractivity contribution >= 4 is 120 Å². The first-order valence-electron chi connectivity index (χ1n) is 49.0. The molecular formula is C135H110O3. The summed E-state index contributed by atoms with van der Waals surface area (Å²) in [6.45, 7) is 29.1. The molecule has 3 heterocycles. The summed E-state index contributed by atoms with van der Waals surface area (Å²) < 4.78 is 17.9. The van der Waals surface area contributed by atoms with Crippen LogP contribution >= 0.6 is 0 Å². The molecule has 0 bridgehead atoms. The fraction of sp³-hybridized carbons (Fsp3) is 0.141. The molecule has 0 amide bonds. The lowest BCUT2D eigenvalue weighted by Gasteiger charge is -2.30. The van der Waals surface area contributed by atoms with Gasteiger partial charge >= 0.3 is 0 Å². The van der Waals surface area contributed by atoms with Crippen LogP contribution in [0.3, 0.4) is 0 Å². The second kappa shape index (κ2) is 34.0. The quantitative estimate of drug-likeness (QED) is 0.173. The molecule has 668 valence electrons. The molecule has 0 radical (unpaired) electrons. The molecule has 3 nitrogen and oxygen atoms in total. The Morgan fingerprint density at radius 3 is 1.22 bits per heavy atom. The number of aryl methyl sites for hydroxylation is 7. The second-order valence-electron chi connectivity index (χ2n) is 39.8. The van der Waals surface area contributed by atoms with Crippen molar-refractivity contribution in [3.05, 3.63) is 501 Å². The first-order chi connectivity index (χ1) is 67.2. The average Bonchev–Trinajstić information content (AvgIpc) is 1.51. The number of benzene rings is 21. The van der Waals surface area contributed by atoms with Gasteiger partial charge in [0.25, 0.3) is 0 Å². The fourth-order valence-electron chi connectivity index (χ4n) is 24.2. The van der Waals surface area contributed by atoms with Gasteiger partial charge in [-0.3, -0.25) is 0 Å². The third kappa shape index (κ3) is 13.9. The van der Waals surface area contributed by atoms with Gasteiger partial charge in [-0.05, 0) is 280 Å². The molecule has 0 unspecified atom stereocenters. The standard InChI is InChI=1S/C26H18.2C20H18.C18H20.3C17H12O/c1-17-14-15-25-21(16-17)20-10-4-7-13-24(20)26(25)22-11-5-2-8-18(22)19-9-3-6-12-23(19)26;1-13-12-18-19(15-9-5-4-8-14(13)15)16-10-6-7-11-17(16)20(18,2)3;1-13-8-10-16-18(12-13)20(2,3)17-11-9-14-6-4-5-7-15(14)19(16)17;1-4-18(5-2)16-9-7-6-8-14(16)15-11-10-13(3)12-17(15)18;1-11-10-16-17(13-7-3-2-6-12(11)13)14-8-4-5-9-15(14)18-16;1-11-6-8-14-16(10-11)18-15-9-7-12-4-2-3-5-13(12)17(14)15;1-11-6-8-14-15-9-7-12-4-2-3-5-13(12)17(15)18-16(14)10-11/h2-16H,1H3;2*4-12H,1-3H3;6-12H,4-5H2,1-3H3;3*2-10H,1H3. The molecule has 0 aliphatic heterocycles. The topological polar surface area (TPSA) is 39.4 Å². The van der Waals surface area contributed by atoms with E-state index in [1.807, 2.05) is 12.1 Å². The molecule has 3 aromatic heterocycles. The maximum absolute atomic E-state index is 6.05. The fourth-order valence-corrected chi connectivity index (χ4v) is 24.2. The van der Waals surface area contributed by atoms with Gasteiger partial charge in [-0.1, -0.05) is 428 Å². The smallest absolute Gasteiger partial charge is 0.143 e. The number of para-hydroxylation sites is 1. The Morgan fingerprint density at radius 1 is 0.196 bits per heavy atom. The van der Waals surface area contributed by atoms with Crippen molar-refractivity contribution in [1.82, 2.24) is 0 Å². The van der Waals surface area contributed by atoms with Gasteiger partial charge in [-0.15, -0.1) is 0 Å². The zero-order valence-electron chi connectivity index (χ0n) is 80.8. The van der Waals surface area contributed by atoms with Crippen LogP contribution in [0.5, 0.6) is 0 Å². The van der Waals surface area contributed by atoms with E-state index >= 15 is 0 Å². The van der Waals surface area contributed by atoms with E-state index in [4.69, 9.17) is 13.3 Å². The molecule has 21 aromatic carbocycles. The summed E-state index contributed by atoms with van der Waals surface area (Å²) in [5.41, 5.74) is 43.8. The highest BCUT2D eigenvalue weighted by Crippen LogP contribution is 2.64. The number of furan rings is 3. The minimum absolute atomic E-state index is 0.0979. The normalized spacial score (nSPS) is 13.7. The summed E-state index contributed by atoms with van der Waals surface area (Å²) in [6, 6.07) is 147. The van der Waals surface area contributed by atoms with E-state index in [0.717, 1.165) is 33.5 Å². The van der Waals surface area contributed by atoms with Crippen molar-refractivity contribution in [2.75, 3.05) is 0 Å². The summed E-state index contributed by atoms with van der Waals surface area (Å²) in [7, 11) is 0. The van der Waals surface area contributed by atoms with Crippen molar-refractivity contribution in [3.63, 3.8) is 0 Å². The molecule has 0 atom stereocenters. The lowest BCUT2D eigenvalue weighted by Crippen LogP contribution is -2.25. The van der Waals surface area contributed by atoms with E-state index < -0.39 is 0 Å². The third-order valence-electron chi connectivity index (χ3n) is 30.9. The lowest BCUT2D eigenvalue weighted by atomic mass is 9.70. The van der Waals surface area contributed by atoms with Crippen LogP contribution in [-0.2, 0) is 21.7 Å². The summed E-state index contributed by atoms with van der Waals surface area (Å²) >= 11 is 0. The van der Waals surface area contributed by atoms with Gasteiger partial charge in [0.2, 0.25) is 0 Å². The maximum atomic E-state index is 6.05. The Kier molecular flexibility index (Phi) is 21.3. The van der Waals surface area contributed by atoms with E-state index in [1.54, 1.807) is 0 Å². The van der Waals surface area contributed by atoms with E-state index in [1.165, 1.54) is 249 Å². The molecule has 29 rings (SSSR count). The van der Waals surface area contributed by atoms with Gasteiger partial charge in [0.1, 0.15) is 33.5 Å². The van der Waals surface area contributed by atoms with Gasteiger partial charge in [0.15, 0.2) is 0 Å². The van der Waals surface area contributed by atoms with Crippen LogP contribution in [0.4, 0.5) is 0 Å². The maximum Gasteiger partial charge on any atom is 0.143 e. The van der Waals surface area contributed by atoms with Crippen LogP contribution in [-0.4, -0.2) is 0 Å². The van der Waals surface area contributed by atoms with Gasteiger partial charge in [0.05, 0.1) is 5.41 Å². The molecule has 0 fully saturated rings. The Labute approximate surface area is 808 Å². The number of hydrogen-bond acceptors (Lipinski definition) is 3. The first-order valence-corrected chi connectivity index (χ1v) is 49.0. The van der Waals surface area contributed by atoms with Crippen LogP contribution < -0.4 is 0 Å². The van der Waals surface area contributed by atoms with Crippen LogP contribution in [0.25, 0.3) is 175 Å². The minimum atomic E-state index is -0.188.